The Morgan fingerprint density at radius 2 is 1.82 bits per heavy atom. The molecule has 0 aliphatic carbocycles. The molecule has 1 aromatic carbocycles. The summed E-state index contributed by atoms with van der Waals surface area (Å²) in [6.07, 6.45) is 11.4. The second-order valence-corrected chi connectivity index (χ2v) is 8.44. The minimum atomic E-state index is 0.0779. The van der Waals surface area contributed by atoms with Crippen LogP contribution < -0.4 is 15.0 Å². The third-order valence-electron chi connectivity index (χ3n) is 6.26. The van der Waals surface area contributed by atoms with E-state index in [9.17, 15) is 0 Å². The standard InChI is InChI=1S/C25H28N8O/c1-3-17-12-27-25(28-13-17)33-10-8-20(9-11-33)34-24-23-22(30-16-31-24)21(14-32(23)2)18-4-6-19(7-5-18)29-15-26/h4-7,12-16,20H,3,8-11H2,1-2H3,(H2,26,29). The van der Waals surface area contributed by atoms with Gasteiger partial charge in [-0.3, -0.25) is 5.41 Å². The summed E-state index contributed by atoms with van der Waals surface area (Å²) < 4.78 is 8.43. The summed E-state index contributed by atoms with van der Waals surface area (Å²) in [6.45, 7) is 3.80. The summed E-state index contributed by atoms with van der Waals surface area (Å²) >= 11 is 0. The molecule has 0 amide bonds. The Labute approximate surface area is 198 Å². The fourth-order valence-electron chi connectivity index (χ4n) is 4.35. The summed E-state index contributed by atoms with van der Waals surface area (Å²) in [5, 5.41) is 10.1. The fraction of sp³-hybridized carbons (Fsp3) is 0.320. The minimum Gasteiger partial charge on any atom is -0.473 e. The number of rotatable bonds is 7. The number of hydrogen-bond acceptors (Lipinski definition) is 7. The van der Waals surface area contributed by atoms with Crippen LogP contribution in [0.2, 0.25) is 0 Å². The third-order valence-corrected chi connectivity index (χ3v) is 6.26. The second-order valence-electron chi connectivity index (χ2n) is 8.44. The van der Waals surface area contributed by atoms with Crippen LogP contribution in [0.5, 0.6) is 5.88 Å². The molecular formula is C25H28N8O. The van der Waals surface area contributed by atoms with E-state index in [0.717, 1.165) is 71.7 Å². The van der Waals surface area contributed by atoms with Crippen molar-refractivity contribution in [3.8, 4) is 17.0 Å². The van der Waals surface area contributed by atoms with E-state index in [1.165, 1.54) is 6.34 Å². The Hall–Kier alpha value is -4.01. The third kappa shape index (κ3) is 4.28. The summed E-state index contributed by atoms with van der Waals surface area (Å²) in [5.41, 5.74) is 5.84. The molecule has 4 heterocycles. The van der Waals surface area contributed by atoms with Gasteiger partial charge in [0, 0.05) is 62.8 Å². The molecule has 0 atom stereocenters. The summed E-state index contributed by atoms with van der Waals surface area (Å²) in [6, 6.07) is 7.94. The predicted molar refractivity (Wildman–Crippen MR) is 134 cm³/mol. The first-order valence-corrected chi connectivity index (χ1v) is 11.5. The van der Waals surface area contributed by atoms with Crippen molar-refractivity contribution in [1.82, 2.24) is 24.5 Å². The Kier molecular flexibility index (Phi) is 6.07. The molecule has 174 valence electrons. The SMILES string of the molecule is CCc1cnc(N2CCC(Oc3ncnc4c(-c5ccc(NC=N)cc5)cn(C)c34)CC2)nc1. The number of aromatic nitrogens is 5. The van der Waals surface area contributed by atoms with Crippen LogP contribution in [0.1, 0.15) is 25.3 Å². The molecule has 2 N–H and O–H groups in total. The molecular weight excluding hydrogens is 428 g/mol. The maximum Gasteiger partial charge on any atom is 0.242 e. The van der Waals surface area contributed by atoms with Gasteiger partial charge >= 0.3 is 0 Å². The molecule has 34 heavy (non-hydrogen) atoms. The van der Waals surface area contributed by atoms with Gasteiger partial charge in [0.05, 0.1) is 6.34 Å². The zero-order valence-corrected chi connectivity index (χ0v) is 19.4. The van der Waals surface area contributed by atoms with E-state index in [1.807, 2.05) is 48.3 Å². The largest absolute Gasteiger partial charge is 0.473 e. The van der Waals surface area contributed by atoms with Crippen molar-refractivity contribution >= 4 is 29.0 Å². The van der Waals surface area contributed by atoms with Gasteiger partial charge in [0.15, 0.2) is 0 Å². The lowest BCUT2D eigenvalue weighted by atomic mass is 10.1. The monoisotopic (exact) mass is 456 g/mol. The highest BCUT2D eigenvalue weighted by Crippen LogP contribution is 2.34. The van der Waals surface area contributed by atoms with Crippen LogP contribution in [0.15, 0.2) is 49.2 Å². The van der Waals surface area contributed by atoms with Crippen LogP contribution in [0, 0.1) is 5.41 Å². The number of piperidine rings is 1. The van der Waals surface area contributed by atoms with E-state index in [4.69, 9.17) is 10.1 Å². The topological polar surface area (TPSA) is 105 Å². The van der Waals surface area contributed by atoms with E-state index < -0.39 is 0 Å². The second kappa shape index (κ2) is 9.46. The normalized spacial score (nSPS) is 14.4. The summed E-state index contributed by atoms with van der Waals surface area (Å²) in [7, 11) is 1.99. The molecule has 4 aromatic rings. The van der Waals surface area contributed by atoms with Crippen molar-refractivity contribution in [2.45, 2.75) is 32.3 Å². The van der Waals surface area contributed by atoms with Gasteiger partial charge in [-0.05, 0) is 29.7 Å². The van der Waals surface area contributed by atoms with E-state index >= 15 is 0 Å². The number of aryl methyl sites for hydroxylation is 2. The predicted octanol–water partition coefficient (Wildman–Crippen LogP) is 4.05. The Morgan fingerprint density at radius 3 is 2.50 bits per heavy atom. The summed E-state index contributed by atoms with van der Waals surface area (Å²) in [5.74, 6) is 1.40. The number of hydrogen-bond donors (Lipinski definition) is 2. The number of benzene rings is 1. The van der Waals surface area contributed by atoms with Gasteiger partial charge in [0.2, 0.25) is 11.8 Å². The van der Waals surface area contributed by atoms with Gasteiger partial charge < -0.3 is 19.5 Å². The van der Waals surface area contributed by atoms with Crippen molar-refractivity contribution in [2.75, 3.05) is 23.3 Å². The number of nitrogens with zero attached hydrogens (tertiary/aromatic N) is 6. The minimum absolute atomic E-state index is 0.0779. The molecule has 0 saturated carbocycles. The first kappa shape index (κ1) is 21.8. The maximum absolute atomic E-state index is 7.19. The molecule has 9 heteroatoms. The molecule has 1 saturated heterocycles. The maximum atomic E-state index is 7.19. The first-order chi connectivity index (χ1) is 16.7. The highest BCUT2D eigenvalue weighted by atomic mass is 16.5. The van der Waals surface area contributed by atoms with Crippen molar-refractivity contribution in [3.05, 3.63) is 54.7 Å². The van der Waals surface area contributed by atoms with Crippen molar-refractivity contribution in [1.29, 1.82) is 5.41 Å². The number of anilines is 2. The molecule has 1 aliphatic heterocycles. The van der Waals surface area contributed by atoms with Gasteiger partial charge in [-0.25, -0.2) is 15.0 Å². The zero-order valence-electron chi connectivity index (χ0n) is 19.4. The number of ether oxygens (including phenoxy) is 1. The van der Waals surface area contributed by atoms with Gasteiger partial charge in [-0.2, -0.15) is 4.98 Å². The molecule has 0 radical (unpaired) electrons. The van der Waals surface area contributed by atoms with Crippen molar-refractivity contribution < 1.29 is 4.74 Å². The van der Waals surface area contributed by atoms with Gasteiger partial charge in [-0.15, -0.1) is 0 Å². The fourth-order valence-corrected chi connectivity index (χ4v) is 4.35. The molecule has 0 bridgehead atoms. The lowest BCUT2D eigenvalue weighted by Crippen LogP contribution is -2.39. The average molecular weight is 457 g/mol. The van der Waals surface area contributed by atoms with E-state index in [2.05, 4.69) is 43.3 Å². The quantitative estimate of drug-likeness (QED) is 0.319. The van der Waals surface area contributed by atoms with Crippen molar-refractivity contribution in [2.24, 2.45) is 7.05 Å². The summed E-state index contributed by atoms with van der Waals surface area (Å²) in [4.78, 5) is 20.3. The first-order valence-electron chi connectivity index (χ1n) is 11.5. The smallest absolute Gasteiger partial charge is 0.242 e. The highest BCUT2D eigenvalue weighted by Gasteiger charge is 2.24. The molecule has 9 nitrogen and oxygen atoms in total. The lowest BCUT2D eigenvalue weighted by Gasteiger charge is -2.32. The van der Waals surface area contributed by atoms with Crippen LogP contribution in [-0.2, 0) is 13.5 Å². The Balaban J connectivity index is 1.32. The highest BCUT2D eigenvalue weighted by molar-refractivity contribution is 5.95. The molecule has 3 aromatic heterocycles. The molecule has 1 fully saturated rings. The van der Waals surface area contributed by atoms with Gasteiger partial charge in [0.1, 0.15) is 23.5 Å². The van der Waals surface area contributed by atoms with Crippen LogP contribution in [0.25, 0.3) is 22.2 Å². The van der Waals surface area contributed by atoms with Crippen molar-refractivity contribution in [3.63, 3.8) is 0 Å². The number of nitrogens with one attached hydrogen (secondary N) is 2. The van der Waals surface area contributed by atoms with Gasteiger partial charge in [-0.1, -0.05) is 19.1 Å². The Bertz CT molecular complexity index is 1280. The molecule has 0 spiro atoms. The molecule has 0 unspecified atom stereocenters. The zero-order chi connectivity index (χ0) is 23.5. The van der Waals surface area contributed by atoms with Crippen LogP contribution >= 0.6 is 0 Å². The van der Waals surface area contributed by atoms with E-state index in [1.54, 1.807) is 6.33 Å². The average Bonchev–Trinajstić information content (AvgIpc) is 3.22. The van der Waals surface area contributed by atoms with E-state index in [-0.39, 0.29) is 6.10 Å². The Morgan fingerprint density at radius 1 is 1.09 bits per heavy atom. The van der Waals surface area contributed by atoms with Crippen LogP contribution in [-0.4, -0.2) is 50.0 Å². The van der Waals surface area contributed by atoms with Crippen LogP contribution in [0.4, 0.5) is 11.6 Å². The molecule has 5 rings (SSSR count). The molecule has 1 aliphatic rings. The van der Waals surface area contributed by atoms with Crippen LogP contribution in [0.3, 0.4) is 0 Å². The lowest BCUT2D eigenvalue weighted by molar-refractivity contribution is 0.165. The van der Waals surface area contributed by atoms with Gasteiger partial charge in [0.25, 0.3) is 0 Å². The van der Waals surface area contributed by atoms with E-state index in [0.29, 0.717) is 5.88 Å². The number of fused-ring (bicyclic) bond motifs is 1.